The van der Waals surface area contributed by atoms with Gasteiger partial charge in [0, 0.05) is 37.3 Å². The van der Waals surface area contributed by atoms with Gasteiger partial charge in [-0.25, -0.2) is 13.2 Å². The van der Waals surface area contributed by atoms with Gasteiger partial charge in [0.25, 0.3) is 0 Å². The van der Waals surface area contributed by atoms with Crippen LogP contribution in [0.2, 0.25) is 0 Å². The number of alkyl halides is 3. The number of aromatic nitrogens is 1. The Bertz CT molecular complexity index is 980. The van der Waals surface area contributed by atoms with Gasteiger partial charge in [-0.1, -0.05) is 19.1 Å². The van der Waals surface area contributed by atoms with E-state index in [1.165, 1.54) is 0 Å². The molecule has 2 heterocycles. The molecule has 0 aliphatic carbocycles. The first-order valence-corrected chi connectivity index (χ1v) is 10.3. The molecule has 2 N–H and O–H groups in total. The van der Waals surface area contributed by atoms with Crippen molar-refractivity contribution in [2.45, 2.75) is 37.4 Å². The van der Waals surface area contributed by atoms with E-state index in [1.54, 1.807) is 22.6 Å². The third-order valence-corrected chi connectivity index (χ3v) is 6.28. The van der Waals surface area contributed by atoms with Crippen LogP contribution in [0, 0.1) is 6.92 Å². The summed E-state index contributed by atoms with van der Waals surface area (Å²) < 4.78 is 59.3. The quantitative estimate of drug-likeness (QED) is 0.772. The number of aryl methyl sites for hydroxylation is 1. The summed E-state index contributed by atoms with van der Waals surface area (Å²) >= 11 is 0. The van der Waals surface area contributed by atoms with Crippen LogP contribution in [0.25, 0.3) is 10.9 Å². The summed E-state index contributed by atoms with van der Waals surface area (Å²) in [4.78, 5) is 13.6. The number of carbonyl (C=O) groups is 1. The number of halogens is 3. The number of hydrogen-bond acceptors (Lipinski definition) is 5. The highest BCUT2D eigenvalue weighted by atomic mass is 32.2. The molecule has 0 amide bonds. The molecule has 0 bridgehead atoms. The number of aliphatic carboxylic acids is 1. The van der Waals surface area contributed by atoms with Crippen LogP contribution in [0.5, 0.6) is 0 Å². The summed E-state index contributed by atoms with van der Waals surface area (Å²) in [5.74, 6) is -2.76. The molecule has 160 valence electrons. The van der Waals surface area contributed by atoms with Gasteiger partial charge in [0.05, 0.1) is 5.52 Å². The Morgan fingerprint density at radius 3 is 2.62 bits per heavy atom. The molecule has 1 aromatic carbocycles. The van der Waals surface area contributed by atoms with Gasteiger partial charge < -0.3 is 10.4 Å². The Labute approximate surface area is 166 Å². The molecule has 0 unspecified atom stereocenters. The second-order valence-corrected chi connectivity index (χ2v) is 8.47. The highest BCUT2D eigenvalue weighted by Crippen LogP contribution is 2.25. The first-order valence-electron chi connectivity index (χ1n) is 8.85. The minimum Gasteiger partial charge on any atom is -0.475 e. The minimum absolute atomic E-state index is 0.216. The van der Waals surface area contributed by atoms with Gasteiger partial charge in [0.2, 0.25) is 10.0 Å². The maximum Gasteiger partial charge on any atom is 0.490 e. The van der Waals surface area contributed by atoms with E-state index in [4.69, 9.17) is 9.90 Å². The molecule has 1 aliphatic heterocycles. The van der Waals surface area contributed by atoms with Gasteiger partial charge in [-0.05, 0) is 31.0 Å². The number of rotatable bonds is 3. The average Bonchev–Trinajstić information content (AvgIpc) is 2.67. The number of para-hydroxylation sites is 1. The molecule has 1 atom stereocenters. The van der Waals surface area contributed by atoms with Crippen molar-refractivity contribution in [3.05, 3.63) is 36.0 Å². The van der Waals surface area contributed by atoms with Crippen molar-refractivity contribution in [2.24, 2.45) is 0 Å². The molecule has 0 saturated carbocycles. The summed E-state index contributed by atoms with van der Waals surface area (Å²) in [5, 5.41) is 11.3. The van der Waals surface area contributed by atoms with Gasteiger partial charge in [-0.2, -0.15) is 17.5 Å². The van der Waals surface area contributed by atoms with Crippen LogP contribution < -0.4 is 5.32 Å². The van der Waals surface area contributed by atoms with Crippen molar-refractivity contribution in [3.8, 4) is 0 Å². The van der Waals surface area contributed by atoms with Crippen LogP contribution in [0.3, 0.4) is 0 Å². The molecular weight excluding hydrogens is 411 g/mol. The molecule has 0 spiro atoms. The maximum atomic E-state index is 13.0. The number of piperazine rings is 1. The minimum atomic E-state index is -5.08. The first kappa shape index (κ1) is 23.0. The molecule has 11 heteroatoms. The van der Waals surface area contributed by atoms with E-state index < -0.39 is 22.2 Å². The van der Waals surface area contributed by atoms with Crippen LogP contribution in [-0.4, -0.2) is 60.6 Å². The number of nitrogens with zero attached hydrogens (tertiary/aromatic N) is 2. The highest BCUT2D eigenvalue weighted by Gasteiger charge is 2.38. The topological polar surface area (TPSA) is 99.6 Å². The van der Waals surface area contributed by atoms with Crippen molar-refractivity contribution >= 4 is 26.9 Å². The predicted octanol–water partition coefficient (Wildman–Crippen LogP) is 2.55. The van der Waals surface area contributed by atoms with E-state index in [1.807, 2.05) is 19.1 Å². The van der Waals surface area contributed by atoms with Crippen LogP contribution in [0.15, 0.2) is 35.4 Å². The molecule has 1 saturated heterocycles. The Hall–Kier alpha value is -2.24. The van der Waals surface area contributed by atoms with Crippen molar-refractivity contribution < 1.29 is 31.5 Å². The number of benzene rings is 1. The maximum absolute atomic E-state index is 13.0. The number of carboxylic acids is 1. The molecule has 3 rings (SSSR count). The molecule has 0 radical (unpaired) electrons. The number of hydrogen-bond donors (Lipinski definition) is 2. The van der Waals surface area contributed by atoms with Crippen LogP contribution in [0.1, 0.15) is 18.9 Å². The molecule has 1 fully saturated rings. The predicted molar refractivity (Wildman–Crippen MR) is 101 cm³/mol. The third kappa shape index (κ3) is 5.64. The highest BCUT2D eigenvalue weighted by molar-refractivity contribution is 7.89. The van der Waals surface area contributed by atoms with Crippen molar-refractivity contribution in [1.29, 1.82) is 0 Å². The molecule has 29 heavy (non-hydrogen) atoms. The number of carboxylic acid groups (broad SMARTS) is 1. The molecular formula is C18H22F3N3O4S. The third-order valence-electron chi connectivity index (χ3n) is 4.38. The monoisotopic (exact) mass is 433 g/mol. The molecule has 7 nitrogen and oxygen atoms in total. The summed E-state index contributed by atoms with van der Waals surface area (Å²) in [6.07, 6.45) is -2.45. The Kier molecular flexibility index (Phi) is 7.20. The van der Waals surface area contributed by atoms with E-state index in [0.717, 1.165) is 17.4 Å². The van der Waals surface area contributed by atoms with E-state index in [2.05, 4.69) is 17.2 Å². The van der Waals surface area contributed by atoms with Gasteiger partial charge in [-0.3, -0.25) is 4.98 Å². The standard InChI is InChI=1S/C16H21N3O2S.C2HF3O2/c1-3-14-11-19(8-7-17-14)22(20,21)15-6-4-5-13-9-12(2)10-18-16(13)15;3-2(4,5)1(6)7/h4-6,9-10,14,17H,3,7-8,11H2,1-2H3;(H,6,7)/t14-;/m0./s1. The number of fused-ring (bicyclic) bond motifs is 1. The summed E-state index contributed by atoms with van der Waals surface area (Å²) in [6, 6.07) is 7.53. The summed E-state index contributed by atoms with van der Waals surface area (Å²) in [5.41, 5.74) is 1.58. The van der Waals surface area contributed by atoms with Gasteiger partial charge in [0.15, 0.2) is 0 Å². The Morgan fingerprint density at radius 1 is 1.38 bits per heavy atom. The van der Waals surface area contributed by atoms with E-state index in [0.29, 0.717) is 30.0 Å². The number of sulfonamides is 1. The van der Waals surface area contributed by atoms with E-state index in [-0.39, 0.29) is 6.04 Å². The average molecular weight is 433 g/mol. The Morgan fingerprint density at radius 2 is 2.03 bits per heavy atom. The largest absolute Gasteiger partial charge is 0.490 e. The van der Waals surface area contributed by atoms with Gasteiger partial charge >= 0.3 is 12.1 Å². The lowest BCUT2D eigenvalue weighted by atomic mass is 10.2. The van der Waals surface area contributed by atoms with Crippen molar-refractivity contribution in [2.75, 3.05) is 19.6 Å². The number of nitrogens with one attached hydrogen (secondary N) is 1. The van der Waals surface area contributed by atoms with Crippen molar-refractivity contribution in [3.63, 3.8) is 0 Å². The zero-order valence-corrected chi connectivity index (χ0v) is 16.7. The first-order chi connectivity index (χ1) is 13.5. The van der Waals surface area contributed by atoms with Crippen molar-refractivity contribution in [1.82, 2.24) is 14.6 Å². The summed E-state index contributed by atoms with van der Waals surface area (Å²) in [7, 11) is -3.51. The smallest absolute Gasteiger partial charge is 0.475 e. The second kappa shape index (κ2) is 9.06. The van der Waals surface area contributed by atoms with Crippen LogP contribution >= 0.6 is 0 Å². The van der Waals surface area contributed by atoms with Gasteiger partial charge in [-0.15, -0.1) is 0 Å². The van der Waals surface area contributed by atoms with E-state index >= 15 is 0 Å². The zero-order chi connectivity index (χ0) is 21.8. The Balaban J connectivity index is 0.000000370. The molecule has 2 aromatic rings. The van der Waals surface area contributed by atoms with Crippen LogP contribution in [0.4, 0.5) is 13.2 Å². The lowest BCUT2D eigenvalue weighted by Crippen LogP contribution is -2.52. The fourth-order valence-corrected chi connectivity index (χ4v) is 4.53. The number of pyridine rings is 1. The van der Waals surface area contributed by atoms with Crippen LogP contribution in [-0.2, 0) is 14.8 Å². The fourth-order valence-electron chi connectivity index (χ4n) is 2.88. The molecule has 1 aliphatic rings. The van der Waals surface area contributed by atoms with Gasteiger partial charge in [0.1, 0.15) is 4.90 Å². The lowest BCUT2D eigenvalue weighted by molar-refractivity contribution is -0.192. The normalized spacial score (nSPS) is 18.2. The van der Waals surface area contributed by atoms with E-state index in [9.17, 15) is 21.6 Å². The SMILES string of the molecule is CC[C@H]1CN(S(=O)(=O)c2cccc3cc(C)cnc23)CCN1.O=C(O)C(F)(F)F. The molecule has 1 aromatic heterocycles. The summed E-state index contributed by atoms with van der Waals surface area (Å²) in [6.45, 7) is 5.73. The zero-order valence-electron chi connectivity index (χ0n) is 15.9. The fraction of sp³-hybridized carbons (Fsp3) is 0.444. The second-order valence-electron chi connectivity index (χ2n) is 6.57. The lowest BCUT2D eigenvalue weighted by Gasteiger charge is -2.32.